The van der Waals surface area contributed by atoms with Gasteiger partial charge in [0.15, 0.2) is 0 Å². The maximum atomic E-state index is 5.42. The van der Waals surface area contributed by atoms with E-state index in [0.717, 1.165) is 30.0 Å². The van der Waals surface area contributed by atoms with Crippen LogP contribution >= 0.6 is 15.9 Å². The third-order valence-electron chi connectivity index (χ3n) is 2.70. The third kappa shape index (κ3) is 2.16. The highest BCUT2D eigenvalue weighted by Crippen LogP contribution is 2.28. The van der Waals surface area contributed by atoms with Crippen LogP contribution in [0.1, 0.15) is 12.5 Å². The second kappa shape index (κ2) is 4.49. The third-order valence-corrected chi connectivity index (χ3v) is 3.68. The molecule has 0 radical (unpaired) electrons. The van der Waals surface area contributed by atoms with Gasteiger partial charge in [0, 0.05) is 12.7 Å². The van der Waals surface area contributed by atoms with Crippen LogP contribution < -0.4 is 4.90 Å². The van der Waals surface area contributed by atoms with Gasteiger partial charge in [-0.15, -0.1) is 0 Å². The molecule has 15 heavy (non-hydrogen) atoms. The molecular formula is C11H15BrN2O. The lowest BCUT2D eigenvalue weighted by Gasteiger charge is -2.35. The molecule has 2 heterocycles. The van der Waals surface area contributed by atoms with E-state index in [9.17, 15) is 0 Å². The van der Waals surface area contributed by atoms with Crippen LogP contribution in [0.4, 0.5) is 5.82 Å². The molecule has 1 unspecified atom stereocenters. The summed E-state index contributed by atoms with van der Waals surface area (Å²) in [5.41, 5.74) is 1.22. The summed E-state index contributed by atoms with van der Waals surface area (Å²) in [4.78, 5) is 6.73. The summed E-state index contributed by atoms with van der Waals surface area (Å²) < 4.78 is 6.51. The summed E-state index contributed by atoms with van der Waals surface area (Å²) in [6.07, 6.45) is 1.86. The van der Waals surface area contributed by atoms with E-state index in [1.165, 1.54) is 5.56 Å². The van der Waals surface area contributed by atoms with E-state index in [2.05, 4.69) is 39.7 Å². The summed E-state index contributed by atoms with van der Waals surface area (Å²) in [7, 11) is 0. The van der Waals surface area contributed by atoms with Gasteiger partial charge >= 0.3 is 0 Å². The zero-order valence-electron chi connectivity index (χ0n) is 9.03. The molecule has 1 aliphatic heterocycles. The lowest BCUT2D eigenvalue weighted by atomic mass is 10.2. The number of anilines is 1. The van der Waals surface area contributed by atoms with Gasteiger partial charge in [-0.05, 0) is 41.4 Å². The Balaban J connectivity index is 2.31. The molecule has 0 N–H and O–H groups in total. The number of hydrogen-bond donors (Lipinski definition) is 0. The van der Waals surface area contributed by atoms with Crippen molar-refractivity contribution in [3.8, 4) is 0 Å². The lowest BCUT2D eigenvalue weighted by Crippen LogP contribution is -2.44. The summed E-state index contributed by atoms with van der Waals surface area (Å²) in [5.74, 6) is 1.03. The van der Waals surface area contributed by atoms with Crippen LogP contribution in [0.5, 0.6) is 0 Å². The van der Waals surface area contributed by atoms with Gasteiger partial charge in [0.1, 0.15) is 5.82 Å². The normalized spacial score (nSPS) is 21.8. The molecule has 0 aliphatic carbocycles. The van der Waals surface area contributed by atoms with E-state index in [4.69, 9.17) is 4.74 Å². The van der Waals surface area contributed by atoms with Gasteiger partial charge in [-0.2, -0.15) is 0 Å². The molecule has 0 amide bonds. The predicted molar refractivity (Wildman–Crippen MR) is 64.3 cm³/mol. The zero-order valence-corrected chi connectivity index (χ0v) is 10.6. The smallest absolute Gasteiger partial charge is 0.143 e. The van der Waals surface area contributed by atoms with Gasteiger partial charge in [0.2, 0.25) is 0 Å². The van der Waals surface area contributed by atoms with Crippen LogP contribution in [0.15, 0.2) is 16.7 Å². The molecule has 3 nitrogen and oxygen atoms in total. The number of pyridine rings is 1. The van der Waals surface area contributed by atoms with Crippen LogP contribution in [0.25, 0.3) is 0 Å². The first kappa shape index (κ1) is 10.9. The lowest BCUT2D eigenvalue weighted by molar-refractivity contribution is 0.0984. The first-order chi connectivity index (χ1) is 7.20. The highest BCUT2D eigenvalue weighted by atomic mass is 79.9. The maximum Gasteiger partial charge on any atom is 0.143 e. The van der Waals surface area contributed by atoms with Gasteiger partial charge in [-0.3, -0.25) is 0 Å². The minimum absolute atomic E-state index is 0.393. The number of morpholine rings is 1. The molecule has 0 aromatic carbocycles. The Morgan fingerprint density at radius 2 is 2.40 bits per heavy atom. The molecule has 0 bridgehead atoms. The molecular weight excluding hydrogens is 256 g/mol. The Kier molecular flexibility index (Phi) is 3.26. The minimum atomic E-state index is 0.393. The van der Waals surface area contributed by atoms with Gasteiger partial charge < -0.3 is 9.64 Å². The van der Waals surface area contributed by atoms with E-state index >= 15 is 0 Å². The number of rotatable bonds is 1. The summed E-state index contributed by atoms with van der Waals surface area (Å²) in [6, 6.07) is 2.41. The molecule has 0 saturated carbocycles. The van der Waals surface area contributed by atoms with Crippen molar-refractivity contribution in [3.63, 3.8) is 0 Å². The average molecular weight is 271 g/mol. The van der Waals surface area contributed by atoms with E-state index in [1.807, 2.05) is 12.3 Å². The van der Waals surface area contributed by atoms with E-state index < -0.39 is 0 Å². The fourth-order valence-electron chi connectivity index (χ4n) is 1.77. The van der Waals surface area contributed by atoms with Crippen LogP contribution in [-0.4, -0.2) is 30.8 Å². The SMILES string of the molecule is Cc1ccnc(N2CCOCC2C)c1Br. The van der Waals surface area contributed by atoms with Crippen molar-refractivity contribution >= 4 is 21.7 Å². The molecule has 1 aliphatic rings. The fraction of sp³-hybridized carbons (Fsp3) is 0.545. The summed E-state index contributed by atoms with van der Waals surface area (Å²) in [5, 5.41) is 0. The molecule has 2 rings (SSSR count). The number of aryl methyl sites for hydroxylation is 1. The zero-order chi connectivity index (χ0) is 10.8. The molecule has 4 heteroatoms. The Labute approximate surface area is 98.6 Å². The molecule has 1 aromatic rings. The van der Waals surface area contributed by atoms with Gasteiger partial charge in [0.25, 0.3) is 0 Å². The second-order valence-electron chi connectivity index (χ2n) is 3.88. The minimum Gasteiger partial charge on any atom is -0.377 e. The largest absolute Gasteiger partial charge is 0.377 e. The molecule has 1 fully saturated rings. The maximum absolute atomic E-state index is 5.42. The fourth-order valence-corrected chi connectivity index (χ4v) is 2.23. The van der Waals surface area contributed by atoms with Crippen LogP contribution in [-0.2, 0) is 4.74 Å². The van der Waals surface area contributed by atoms with Crippen molar-refractivity contribution in [3.05, 3.63) is 22.3 Å². The number of ether oxygens (including phenoxy) is 1. The summed E-state index contributed by atoms with van der Waals surface area (Å²) >= 11 is 3.60. The van der Waals surface area contributed by atoms with Gasteiger partial charge in [0.05, 0.1) is 23.7 Å². The van der Waals surface area contributed by atoms with Gasteiger partial charge in [-0.25, -0.2) is 4.98 Å². The Morgan fingerprint density at radius 3 is 3.13 bits per heavy atom. The van der Waals surface area contributed by atoms with Crippen molar-refractivity contribution < 1.29 is 4.74 Å². The summed E-state index contributed by atoms with van der Waals surface area (Å²) in [6.45, 7) is 6.72. The van der Waals surface area contributed by atoms with Crippen LogP contribution in [0.2, 0.25) is 0 Å². The first-order valence-corrected chi connectivity index (χ1v) is 5.95. The number of aromatic nitrogens is 1. The first-order valence-electron chi connectivity index (χ1n) is 5.15. The quantitative estimate of drug-likeness (QED) is 0.784. The highest BCUT2D eigenvalue weighted by Gasteiger charge is 2.22. The molecule has 1 aromatic heterocycles. The number of nitrogens with zero attached hydrogens (tertiary/aromatic N) is 2. The highest BCUT2D eigenvalue weighted by molar-refractivity contribution is 9.10. The average Bonchev–Trinajstić information content (AvgIpc) is 2.23. The van der Waals surface area contributed by atoms with E-state index in [-0.39, 0.29) is 0 Å². The Morgan fingerprint density at radius 1 is 1.60 bits per heavy atom. The molecule has 1 atom stereocenters. The second-order valence-corrected chi connectivity index (χ2v) is 4.68. The van der Waals surface area contributed by atoms with Crippen molar-refractivity contribution in [1.82, 2.24) is 4.98 Å². The Bertz CT molecular complexity index is 356. The van der Waals surface area contributed by atoms with Crippen molar-refractivity contribution in [2.24, 2.45) is 0 Å². The van der Waals surface area contributed by atoms with Crippen LogP contribution in [0, 0.1) is 6.92 Å². The van der Waals surface area contributed by atoms with Crippen molar-refractivity contribution in [1.29, 1.82) is 0 Å². The van der Waals surface area contributed by atoms with Crippen molar-refractivity contribution in [2.75, 3.05) is 24.7 Å². The van der Waals surface area contributed by atoms with E-state index in [1.54, 1.807) is 0 Å². The van der Waals surface area contributed by atoms with Crippen molar-refractivity contribution in [2.45, 2.75) is 19.9 Å². The predicted octanol–water partition coefficient (Wildman–Crippen LogP) is 2.38. The van der Waals surface area contributed by atoms with Crippen LogP contribution in [0.3, 0.4) is 0 Å². The standard InChI is InChI=1S/C11H15BrN2O/c1-8-3-4-13-11(10(8)12)14-5-6-15-7-9(14)2/h3-4,9H,5-7H2,1-2H3. The monoisotopic (exact) mass is 270 g/mol. The number of halogens is 1. The molecule has 1 saturated heterocycles. The Hall–Kier alpha value is -0.610. The van der Waals surface area contributed by atoms with Gasteiger partial charge in [-0.1, -0.05) is 0 Å². The topological polar surface area (TPSA) is 25.4 Å². The molecule has 0 spiro atoms. The number of hydrogen-bond acceptors (Lipinski definition) is 3. The molecule has 82 valence electrons. The van der Waals surface area contributed by atoms with E-state index in [0.29, 0.717) is 6.04 Å².